The van der Waals surface area contributed by atoms with E-state index in [9.17, 15) is 8.78 Å². The summed E-state index contributed by atoms with van der Waals surface area (Å²) in [6.07, 6.45) is 0.217. The molecule has 5 nitrogen and oxygen atoms in total. The second kappa shape index (κ2) is 6.17. The van der Waals surface area contributed by atoms with Crippen LogP contribution in [0.1, 0.15) is 0 Å². The van der Waals surface area contributed by atoms with E-state index >= 15 is 0 Å². The lowest BCUT2D eigenvalue weighted by Gasteiger charge is -2.10. The predicted molar refractivity (Wildman–Crippen MR) is 84.5 cm³/mol. The molecule has 0 unspecified atom stereocenters. The third-order valence-corrected chi connectivity index (χ3v) is 3.64. The van der Waals surface area contributed by atoms with Crippen LogP contribution in [0.3, 0.4) is 0 Å². The lowest BCUT2D eigenvalue weighted by Crippen LogP contribution is -2.06. The molecule has 0 fully saturated rings. The Labute approximate surface area is 139 Å². The number of alkyl halides is 2. The van der Waals surface area contributed by atoms with Gasteiger partial charge in [-0.3, -0.25) is 0 Å². The van der Waals surface area contributed by atoms with Crippen molar-refractivity contribution in [2.75, 3.05) is 5.73 Å². The van der Waals surface area contributed by atoms with Crippen LogP contribution in [0.4, 0.5) is 14.5 Å². The summed E-state index contributed by atoms with van der Waals surface area (Å²) in [5.74, 6) is 0.348. The van der Waals surface area contributed by atoms with E-state index in [2.05, 4.69) is 9.97 Å². The van der Waals surface area contributed by atoms with Gasteiger partial charge in [-0.05, 0) is 18.2 Å². The highest BCUT2D eigenvalue weighted by atomic mass is 35.5. The molecular weight excluding hydrogens is 349 g/mol. The highest BCUT2D eigenvalue weighted by Crippen LogP contribution is 2.39. The maximum atomic E-state index is 12.6. The number of halogens is 4. The maximum Gasteiger partial charge on any atom is 0.256 e. The Morgan fingerprint density at radius 2 is 1.91 bits per heavy atom. The molecule has 0 saturated carbocycles. The topological polar surface area (TPSA) is 66.0 Å². The fourth-order valence-corrected chi connectivity index (χ4v) is 2.71. The van der Waals surface area contributed by atoms with E-state index in [-0.39, 0.29) is 21.7 Å². The molecule has 2 heterocycles. The Kier molecular flexibility index (Phi) is 4.23. The number of nitrogens with two attached hydrogens (primary N) is 1. The van der Waals surface area contributed by atoms with E-state index in [1.54, 1.807) is 6.07 Å². The van der Waals surface area contributed by atoms with E-state index < -0.39 is 13.0 Å². The average molecular weight is 359 g/mol. The number of rotatable bonds is 4. The van der Waals surface area contributed by atoms with Gasteiger partial charge in [0.15, 0.2) is 5.75 Å². The molecule has 0 aliphatic heterocycles. The normalized spacial score (nSPS) is 11.3. The number of nitrogens with zero attached hydrogens (tertiary/aromatic N) is 3. The van der Waals surface area contributed by atoms with Gasteiger partial charge < -0.3 is 15.0 Å². The number of benzene rings is 1. The van der Waals surface area contributed by atoms with Gasteiger partial charge in [0.25, 0.3) is 6.43 Å². The zero-order valence-corrected chi connectivity index (χ0v) is 13.0. The van der Waals surface area contributed by atoms with Crippen molar-refractivity contribution < 1.29 is 13.5 Å². The molecule has 0 aliphatic carbocycles. The summed E-state index contributed by atoms with van der Waals surface area (Å²) in [7, 11) is 0. The zero-order chi connectivity index (χ0) is 16.6. The van der Waals surface area contributed by atoms with Crippen molar-refractivity contribution in [3.8, 4) is 11.6 Å². The quantitative estimate of drug-likeness (QED) is 0.703. The van der Waals surface area contributed by atoms with Crippen LogP contribution in [0.25, 0.3) is 11.0 Å². The van der Waals surface area contributed by atoms with Gasteiger partial charge >= 0.3 is 0 Å². The van der Waals surface area contributed by atoms with Crippen molar-refractivity contribution in [3.63, 3.8) is 0 Å². The van der Waals surface area contributed by atoms with Gasteiger partial charge in [0.1, 0.15) is 12.0 Å². The number of fused-ring (bicyclic) bond motifs is 1. The second-order valence-corrected chi connectivity index (χ2v) is 5.51. The van der Waals surface area contributed by atoms with Crippen molar-refractivity contribution >= 4 is 39.9 Å². The van der Waals surface area contributed by atoms with Crippen LogP contribution in [0.15, 0.2) is 30.7 Å². The fourth-order valence-electron chi connectivity index (χ4n) is 2.13. The monoisotopic (exact) mass is 358 g/mol. The van der Waals surface area contributed by atoms with E-state index in [0.717, 1.165) is 0 Å². The first-order valence-corrected chi connectivity index (χ1v) is 7.21. The molecule has 0 bridgehead atoms. The number of anilines is 1. The van der Waals surface area contributed by atoms with E-state index in [4.69, 9.17) is 33.7 Å². The first-order chi connectivity index (χ1) is 11.0. The Hall–Kier alpha value is -2.12. The Morgan fingerprint density at radius 1 is 1.22 bits per heavy atom. The first kappa shape index (κ1) is 15.8. The summed E-state index contributed by atoms with van der Waals surface area (Å²) in [6, 6.07) is 4.57. The summed E-state index contributed by atoms with van der Waals surface area (Å²) >= 11 is 12.1. The molecule has 0 atom stereocenters. The maximum absolute atomic E-state index is 12.6. The van der Waals surface area contributed by atoms with Crippen LogP contribution in [-0.4, -0.2) is 21.0 Å². The van der Waals surface area contributed by atoms with Crippen LogP contribution in [0, 0.1) is 0 Å². The lowest BCUT2D eigenvalue weighted by atomic mass is 10.3. The van der Waals surface area contributed by atoms with Crippen LogP contribution in [0.5, 0.6) is 11.6 Å². The average Bonchev–Trinajstić information content (AvgIpc) is 2.86. The molecule has 0 saturated heterocycles. The molecule has 2 N–H and O–H groups in total. The molecule has 120 valence electrons. The SMILES string of the molecule is Nc1cc(Cl)c(Oc2ncnc3c2ccn3CC(F)F)c(Cl)c1. The van der Waals surface area contributed by atoms with Crippen LogP contribution in [0.2, 0.25) is 10.0 Å². The van der Waals surface area contributed by atoms with Gasteiger partial charge in [0.2, 0.25) is 5.88 Å². The molecule has 1 aromatic carbocycles. The van der Waals surface area contributed by atoms with Crippen LogP contribution in [-0.2, 0) is 6.54 Å². The molecular formula is C14H10Cl2F2N4O. The summed E-state index contributed by atoms with van der Waals surface area (Å²) in [6.45, 7) is -0.469. The van der Waals surface area contributed by atoms with Gasteiger partial charge in [0.05, 0.1) is 22.0 Å². The first-order valence-electron chi connectivity index (χ1n) is 6.46. The Bertz CT molecular complexity index is 846. The summed E-state index contributed by atoms with van der Waals surface area (Å²) < 4.78 is 32.1. The Balaban J connectivity index is 2.03. The van der Waals surface area contributed by atoms with Crippen molar-refractivity contribution in [3.05, 3.63) is 40.8 Å². The predicted octanol–water partition coefficient (Wildman–Crippen LogP) is 4.38. The van der Waals surface area contributed by atoms with E-state index in [1.807, 2.05) is 0 Å². The third-order valence-electron chi connectivity index (χ3n) is 3.07. The fraction of sp³-hybridized carbons (Fsp3) is 0.143. The number of hydrogen-bond donors (Lipinski definition) is 1. The molecule has 2 aromatic heterocycles. The van der Waals surface area contributed by atoms with Crippen LogP contribution >= 0.6 is 23.2 Å². The number of ether oxygens (including phenoxy) is 1. The third kappa shape index (κ3) is 3.16. The summed E-state index contributed by atoms with van der Waals surface area (Å²) in [5, 5.41) is 0.902. The standard InChI is InChI=1S/C14H10Cl2F2N4O/c15-9-3-7(19)4-10(16)12(9)23-14-8-1-2-22(5-11(17)18)13(8)20-6-21-14/h1-4,6,11H,5,19H2. The van der Waals surface area contributed by atoms with Gasteiger partial charge in [0, 0.05) is 11.9 Å². The summed E-state index contributed by atoms with van der Waals surface area (Å²) in [4.78, 5) is 8.02. The molecule has 0 aliphatic rings. The minimum Gasteiger partial charge on any atom is -0.435 e. The highest BCUT2D eigenvalue weighted by Gasteiger charge is 2.16. The number of nitrogen functional groups attached to an aromatic ring is 1. The van der Waals surface area contributed by atoms with Gasteiger partial charge in [-0.2, -0.15) is 0 Å². The van der Waals surface area contributed by atoms with Gasteiger partial charge in [-0.25, -0.2) is 18.7 Å². The van der Waals surface area contributed by atoms with Crippen molar-refractivity contribution in [2.45, 2.75) is 13.0 Å². The molecule has 3 rings (SSSR count). The van der Waals surface area contributed by atoms with Crippen molar-refractivity contribution in [2.24, 2.45) is 0 Å². The van der Waals surface area contributed by atoms with E-state index in [1.165, 1.54) is 29.2 Å². The molecule has 0 radical (unpaired) electrons. The minimum atomic E-state index is -2.49. The minimum absolute atomic E-state index is 0.164. The largest absolute Gasteiger partial charge is 0.435 e. The number of aromatic nitrogens is 3. The highest BCUT2D eigenvalue weighted by molar-refractivity contribution is 6.37. The van der Waals surface area contributed by atoms with E-state index in [0.29, 0.717) is 16.7 Å². The molecule has 9 heteroatoms. The molecule has 3 aromatic rings. The van der Waals surface area contributed by atoms with Gasteiger partial charge in [-0.15, -0.1) is 0 Å². The molecule has 23 heavy (non-hydrogen) atoms. The van der Waals surface area contributed by atoms with Crippen LogP contribution < -0.4 is 10.5 Å². The second-order valence-electron chi connectivity index (χ2n) is 4.69. The lowest BCUT2D eigenvalue weighted by molar-refractivity contribution is 0.128. The smallest absolute Gasteiger partial charge is 0.256 e. The van der Waals surface area contributed by atoms with Crippen molar-refractivity contribution in [1.29, 1.82) is 0 Å². The number of hydrogen-bond acceptors (Lipinski definition) is 4. The zero-order valence-electron chi connectivity index (χ0n) is 11.5. The molecule has 0 amide bonds. The van der Waals surface area contributed by atoms with Crippen molar-refractivity contribution in [1.82, 2.24) is 14.5 Å². The van der Waals surface area contributed by atoms with Gasteiger partial charge in [-0.1, -0.05) is 23.2 Å². The molecule has 0 spiro atoms. The Morgan fingerprint density at radius 3 is 2.57 bits per heavy atom. The summed E-state index contributed by atoms with van der Waals surface area (Å²) in [5.41, 5.74) is 6.36.